The average Bonchev–Trinajstić information content (AvgIpc) is 2.42. The molecule has 1 aromatic carbocycles. The SMILES string of the molecule is CSc1cccc(NCCSCCCO)c1C(=O)O. The van der Waals surface area contributed by atoms with Crippen LogP contribution in [0.3, 0.4) is 0 Å². The van der Waals surface area contributed by atoms with Crippen molar-refractivity contribution in [2.75, 3.05) is 36.2 Å². The van der Waals surface area contributed by atoms with Crippen molar-refractivity contribution in [3.05, 3.63) is 23.8 Å². The number of aliphatic hydroxyl groups is 1. The molecule has 0 aliphatic carbocycles. The Balaban J connectivity index is 2.55. The fourth-order valence-corrected chi connectivity index (χ4v) is 3.00. The van der Waals surface area contributed by atoms with Gasteiger partial charge in [0, 0.05) is 29.5 Å². The molecule has 0 radical (unpaired) electrons. The number of aromatic carboxylic acids is 1. The molecule has 0 atom stereocenters. The summed E-state index contributed by atoms with van der Waals surface area (Å²) in [5.74, 6) is 0.914. The highest BCUT2D eigenvalue weighted by molar-refractivity contribution is 7.99. The van der Waals surface area contributed by atoms with E-state index in [2.05, 4.69) is 5.32 Å². The molecular formula is C13H19NO3S2. The van der Waals surface area contributed by atoms with E-state index in [1.54, 1.807) is 17.8 Å². The Kier molecular flexibility index (Phi) is 7.78. The number of aliphatic hydroxyl groups excluding tert-OH is 1. The highest BCUT2D eigenvalue weighted by Gasteiger charge is 2.14. The average molecular weight is 301 g/mol. The molecule has 3 N–H and O–H groups in total. The van der Waals surface area contributed by atoms with E-state index in [-0.39, 0.29) is 6.61 Å². The van der Waals surface area contributed by atoms with Gasteiger partial charge in [-0.15, -0.1) is 11.8 Å². The van der Waals surface area contributed by atoms with Gasteiger partial charge in [-0.2, -0.15) is 11.8 Å². The number of nitrogens with one attached hydrogen (secondary N) is 1. The highest BCUT2D eigenvalue weighted by Crippen LogP contribution is 2.27. The standard InChI is InChI=1S/C13H19NO3S2/c1-18-11-5-2-4-10(12(11)13(16)17)14-6-9-19-8-3-7-15/h2,4-5,14-15H,3,6-9H2,1H3,(H,16,17). The molecule has 0 heterocycles. The molecule has 4 nitrogen and oxygen atoms in total. The van der Waals surface area contributed by atoms with E-state index in [4.69, 9.17) is 5.11 Å². The Morgan fingerprint density at radius 2 is 2.16 bits per heavy atom. The number of carboxylic acid groups (broad SMARTS) is 1. The lowest BCUT2D eigenvalue weighted by molar-refractivity contribution is 0.0694. The number of carbonyl (C=O) groups is 1. The molecule has 1 rings (SSSR count). The molecule has 0 fully saturated rings. The Labute approximate surface area is 122 Å². The molecule has 0 aliphatic rings. The zero-order valence-corrected chi connectivity index (χ0v) is 12.5. The van der Waals surface area contributed by atoms with Crippen LogP contribution in [0, 0.1) is 0 Å². The van der Waals surface area contributed by atoms with E-state index in [0.717, 1.165) is 22.8 Å². The fraction of sp³-hybridized carbons (Fsp3) is 0.462. The summed E-state index contributed by atoms with van der Waals surface area (Å²) in [6.07, 6.45) is 2.67. The van der Waals surface area contributed by atoms with Gasteiger partial charge in [0.2, 0.25) is 0 Å². The molecule has 0 saturated heterocycles. The van der Waals surface area contributed by atoms with Crippen LogP contribution in [0.5, 0.6) is 0 Å². The maximum Gasteiger partial charge on any atom is 0.338 e. The molecule has 19 heavy (non-hydrogen) atoms. The van der Waals surface area contributed by atoms with Crippen LogP contribution in [0.25, 0.3) is 0 Å². The first-order chi connectivity index (χ1) is 9.20. The van der Waals surface area contributed by atoms with Crippen molar-refractivity contribution in [2.45, 2.75) is 11.3 Å². The first-order valence-electron chi connectivity index (χ1n) is 6.03. The fourth-order valence-electron chi connectivity index (χ4n) is 1.60. The van der Waals surface area contributed by atoms with E-state index in [0.29, 0.717) is 17.8 Å². The molecule has 0 aliphatic heterocycles. The second-order valence-corrected chi connectivity index (χ2v) is 5.88. The lowest BCUT2D eigenvalue weighted by Gasteiger charge is -2.12. The zero-order valence-electron chi connectivity index (χ0n) is 10.9. The largest absolute Gasteiger partial charge is 0.478 e. The predicted molar refractivity (Wildman–Crippen MR) is 82.7 cm³/mol. The van der Waals surface area contributed by atoms with Gasteiger partial charge in [-0.3, -0.25) is 0 Å². The molecule has 0 spiro atoms. The van der Waals surface area contributed by atoms with Gasteiger partial charge in [0.05, 0.1) is 5.56 Å². The van der Waals surface area contributed by atoms with Crippen molar-refractivity contribution >= 4 is 35.2 Å². The summed E-state index contributed by atoms with van der Waals surface area (Å²) in [5.41, 5.74) is 1.01. The van der Waals surface area contributed by atoms with Crippen LogP contribution >= 0.6 is 23.5 Å². The molecule has 0 amide bonds. The second-order valence-electron chi connectivity index (χ2n) is 3.80. The summed E-state index contributed by atoms with van der Waals surface area (Å²) in [7, 11) is 0. The van der Waals surface area contributed by atoms with Crippen LogP contribution in [-0.4, -0.2) is 47.1 Å². The Morgan fingerprint density at radius 1 is 1.37 bits per heavy atom. The summed E-state index contributed by atoms with van der Waals surface area (Å²) >= 11 is 3.18. The Bertz CT molecular complexity index is 413. The van der Waals surface area contributed by atoms with Gasteiger partial charge in [-0.1, -0.05) is 6.07 Å². The third-order valence-electron chi connectivity index (χ3n) is 2.47. The number of carboxylic acids is 1. The minimum Gasteiger partial charge on any atom is -0.478 e. The van der Waals surface area contributed by atoms with Crippen molar-refractivity contribution in [1.82, 2.24) is 0 Å². The van der Waals surface area contributed by atoms with Crippen molar-refractivity contribution in [2.24, 2.45) is 0 Å². The maximum absolute atomic E-state index is 11.3. The van der Waals surface area contributed by atoms with E-state index in [1.165, 1.54) is 11.8 Å². The number of rotatable bonds is 9. The third kappa shape index (κ3) is 5.34. The zero-order chi connectivity index (χ0) is 14.1. The quantitative estimate of drug-likeness (QED) is 0.481. The minimum atomic E-state index is -0.902. The number of thioether (sulfide) groups is 2. The molecule has 1 aromatic rings. The van der Waals surface area contributed by atoms with Crippen LogP contribution in [0.4, 0.5) is 5.69 Å². The molecule has 0 unspecified atom stereocenters. The van der Waals surface area contributed by atoms with E-state index < -0.39 is 5.97 Å². The van der Waals surface area contributed by atoms with Crippen molar-refractivity contribution in [3.63, 3.8) is 0 Å². The summed E-state index contributed by atoms with van der Waals surface area (Å²) < 4.78 is 0. The minimum absolute atomic E-state index is 0.222. The van der Waals surface area contributed by atoms with Gasteiger partial charge in [-0.25, -0.2) is 4.79 Å². The summed E-state index contributed by atoms with van der Waals surface area (Å²) in [4.78, 5) is 12.1. The molecule has 6 heteroatoms. The van der Waals surface area contributed by atoms with Crippen molar-refractivity contribution in [1.29, 1.82) is 0 Å². The first-order valence-corrected chi connectivity index (χ1v) is 8.41. The molecule has 0 saturated carbocycles. The maximum atomic E-state index is 11.3. The van der Waals surface area contributed by atoms with Gasteiger partial charge >= 0.3 is 5.97 Å². The number of hydrogen-bond acceptors (Lipinski definition) is 5. The number of hydrogen-bond donors (Lipinski definition) is 3. The molecule has 0 aromatic heterocycles. The van der Waals surface area contributed by atoms with Crippen LogP contribution in [0.15, 0.2) is 23.1 Å². The number of benzene rings is 1. The van der Waals surface area contributed by atoms with Crippen molar-refractivity contribution in [3.8, 4) is 0 Å². The summed E-state index contributed by atoms with van der Waals surface area (Å²) in [6.45, 7) is 0.938. The van der Waals surface area contributed by atoms with Crippen LogP contribution in [0.1, 0.15) is 16.8 Å². The van der Waals surface area contributed by atoms with E-state index in [9.17, 15) is 9.90 Å². The van der Waals surface area contributed by atoms with E-state index >= 15 is 0 Å². The third-order valence-corrected chi connectivity index (χ3v) is 4.32. The lowest BCUT2D eigenvalue weighted by Crippen LogP contribution is -2.10. The van der Waals surface area contributed by atoms with Crippen molar-refractivity contribution < 1.29 is 15.0 Å². The van der Waals surface area contributed by atoms with Gasteiger partial charge in [-0.05, 0) is 30.6 Å². The van der Waals surface area contributed by atoms with Gasteiger partial charge in [0.25, 0.3) is 0 Å². The summed E-state index contributed by atoms with van der Waals surface area (Å²) in [6, 6.07) is 5.47. The molecular weight excluding hydrogens is 282 g/mol. The van der Waals surface area contributed by atoms with Gasteiger partial charge in [0.15, 0.2) is 0 Å². The molecule has 0 bridgehead atoms. The lowest BCUT2D eigenvalue weighted by atomic mass is 10.2. The highest BCUT2D eigenvalue weighted by atomic mass is 32.2. The van der Waals surface area contributed by atoms with Crippen LogP contribution in [0.2, 0.25) is 0 Å². The Morgan fingerprint density at radius 3 is 2.79 bits per heavy atom. The summed E-state index contributed by atoms with van der Waals surface area (Å²) in [5, 5.41) is 21.1. The smallest absolute Gasteiger partial charge is 0.338 e. The normalized spacial score (nSPS) is 10.4. The topological polar surface area (TPSA) is 69.6 Å². The van der Waals surface area contributed by atoms with Crippen LogP contribution in [-0.2, 0) is 0 Å². The van der Waals surface area contributed by atoms with Crippen LogP contribution < -0.4 is 5.32 Å². The first kappa shape index (κ1) is 16.2. The monoisotopic (exact) mass is 301 g/mol. The Hall–Kier alpha value is -0.850. The predicted octanol–water partition coefficient (Wildman–Crippen LogP) is 2.63. The molecule has 106 valence electrons. The second kappa shape index (κ2) is 9.12. The van der Waals surface area contributed by atoms with E-state index in [1.807, 2.05) is 18.4 Å². The van der Waals surface area contributed by atoms with Gasteiger partial charge in [0.1, 0.15) is 0 Å². The number of anilines is 1. The van der Waals surface area contributed by atoms with Gasteiger partial charge < -0.3 is 15.5 Å².